The molecule has 148 valence electrons. The second kappa shape index (κ2) is 8.42. The standard InChI is InChI=1S/C19H20BrN3O4S/c1-13(24)21-15-6-8-16(9-7-15)22-19(25)18-3-2-12-23(18)28(26,27)17-10-4-14(20)5-11-17/h4-11,18H,2-3,12H2,1H3,(H,21,24)(H,22,25). The molecule has 1 fully saturated rings. The molecular weight excluding hydrogens is 446 g/mol. The van der Waals surface area contributed by atoms with Crippen LogP contribution in [-0.2, 0) is 19.6 Å². The first-order chi connectivity index (χ1) is 13.3. The Morgan fingerprint density at radius 3 is 2.14 bits per heavy atom. The van der Waals surface area contributed by atoms with Crippen molar-refractivity contribution in [1.29, 1.82) is 0 Å². The normalized spacial score (nSPS) is 17.3. The molecule has 9 heteroatoms. The van der Waals surface area contributed by atoms with E-state index in [0.29, 0.717) is 30.8 Å². The molecule has 0 saturated carbocycles. The molecule has 1 atom stereocenters. The zero-order chi connectivity index (χ0) is 20.3. The van der Waals surface area contributed by atoms with Crippen LogP contribution in [0.25, 0.3) is 0 Å². The maximum absolute atomic E-state index is 13.0. The van der Waals surface area contributed by atoms with Gasteiger partial charge < -0.3 is 10.6 Å². The van der Waals surface area contributed by atoms with Gasteiger partial charge in [0.25, 0.3) is 0 Å². The third-order valence-electron chi connectivity index (χ3n) is 4.40. The van der Waals surface area contributed by atoms with Crippen molar-refractivity contribution in [3.63, 3.8) is 0 Å². The monoisotopic (exact) mass is 465 g/mol. The summed E-state index contributed by atoms with van der Waals surface area (Å²) in [6.07, 6.45) is 1.08. The highest BCUT2D eigenvalue weighted by Gasteiger charge is 2.39. The van der Waals surface area contributed by atoms with E-state index in [2.05, 4.69) is 26.6 Å². The Morgan fingerprint density at radius 2 is 1.57 bits per heavy atom. The van der Waals surface area contributed by atoms with Crippen molar-refractivity contribution in [2.45, 2.75) is 30.7 Å². The number of rotatable bonds is 5. The average Bonchev–Trinajstić information content (AvgIpc) is 3.14. The Balaban J connectivity index is 1.74. The van der Waals surface area contributed by atoms with Gasteiger partial charge in [0.2, 0.25) is 21.8 Å². The van der Waals surface area contributed by atoms with E-state index in [1.165, 1.54) is 23.4 Å². The van der Waals surface area contributed by atoms with Crippen LogP contribution in [-0.4, -0.2) is 37.1 Å². The molecule has 0 bridgehead atoms. The summed E-state index contributed by atoms with van der Waals surface area (Å²) in [4.78, 5) is 24.0. The molecule has 1 aliphatic rings. The number of benzene rings is 2. The van der Waals surface area contributed by atoms with Crippen molar-refractivity contribution in [3.8, 4) is 0 Å². The lowest BCUT2D eigenvalue weighted by molar-refractivity contribution is -0.119. The second-order valence-electron chi connectivity index (χ2n) is 6.48. The maximum atomic E-state index is 13.0. The van der Waals surface area contributed by atoms with Crippen molar-refractivity contribution in [3.05, 3.63) is 53.0 Å². The molecule has 1 heterocycles. The van der Waals surface area contributed by atoms with Crippen LogP contribution in [0.1, 0.15) is 19.8 Å². The SMILES string of the molecule is CC(=O)Nc1ccc(NC(=O)C2CCCN2S(=O)(=O)c2ccc(Br)cc2)cc1. The highest BCUT2D eigenvalue weighted by Crippen LogP contribution is 2.28. The summed E-state index contributed by atoms with van der Waals surface area (Å²) in [5.74, 6) is -0.554. The minimum atomic E-state index is -3.76. The smallest absolute Gasteiger partial charge is 0.243 e. The fraction of sp³-hybridized carbons (Fsp3) is 0.263. The lowest BCUT2D eigenvalue weighted by Gasteiger charge is -2.23. The van der Waals surface area contributed by atoms with Gasteiger partial charge in [0, 0.05) is 29.3 Å². The van der Waals surface area contributed by atoms with Crippen LogP contribution in [0.5, 0.6) is 0 Å². The van der Waals surface area contributed by atoms with Gasteiger partial charge in [-0.15, -0.1) is 0 Å². The maximum Gasteiger partial charge on any atom is 0.243 e. The fourth-order valence-corrected chi connectivity index (χ4v) is 5.02. The van der Waals surface area contributed by atoms with E-state index >= 15 is 0 Å². The average molecular weight is 466 g/mol. The summed E-state index contributed by atoms with van der Waals surface area (Å²) in [6.45, 7) is 1.72. The Bertz CT molecular complexity index is 975. The molecule has 2 N–H and O–H groups in total. The van der Waals surface area contributed by atoms with Gasteiger partial charge >= 0.3 is 0 Å². The molecule has 28 heavy (non-hydrogen) atoms. The number of halogens is 1. The number of carbonyl (C=O) groups excluding carboxylic acids is 2. The van der Waals surface area contributed by atoms with Crippen LogP contribution in [0.3, 0.4) is 0 Å². The highest BCUT2D eigenvalue weighted by atomic mass is 79.9. The summed E-state index contributed by atoms with van der Waals surface area (Å²) in [5.41, 5.74) is 1.15. The van der Waals surface area contributed by atoms with Crippen LogP contribution in [0.2, 0.25) is 0 Å². The highest BCUT2D eigenvalue weighted by molar-refractivity contribution is 9.10. The number of amides is 2. The van der Waals surface area contributed by atoms with Crippen LogP contribution in [0.4, 0.5) is 11.4 Å². The number of hydrogen-bond acceptors (Lipinski definition) is 4. The van der Waals surface area contributed by atoms with Gasteiger partial charge in [-0.25, -0.2) is 8.42 Å². The number of anilines is 2. The van der Waals surface area contributed by atoms with Crippen LogP contribution >= 0.6 is 15.9 Å². The minimum absolute atomic E-state index is 0.162. The molecule has 2 aromatic carbocycles. The van der Waals surface area contributed by atoms with Crippen LogP contribution < -0.4 is 10.6 Å². The molecule has 3 rings (SSSR count). The van der Waals surface area contributed by atoms with Crippen molar-refractivity contribution in [2.24, 2.45) is 0 Å². The van der Waals surface area contributed by atoms with E-state index in [9.17, 15) is 18.0 Å². The summed E-state index contributed by atoms with van der Waals surface area (Å²) >= 11 is 3.29. The van der Waals surface area contributed by atoms with Crippen molar-refractivity contribution in [1.82, 2.24) is 4.31 Å². The number of carbonyl (C=O) groups is 2. The van der Waals surface area contributed by atoms with Gasteiger partial charge in [0.1, 0.15) is 6.04 Å². The molecule has 7 nitrogen and oxygen atoms in total. The summed E-state index contributed by atoms with van der Waals surface area (Å²) in [6, 6.07) is 12.3. The first kappa shape index (κ1) is 20.5. The first-order valence-electron chi connectivity index (χ1n) is 8.73. The van der Waals surface area contributed by atoms with Crippen molar-refractivity contribution in [2.75, 3.05) is 17.2 Å². The van der Waals surface area contributed by atoms with Gasteiger partial charge in [-0.2, -0.15) is 4.31 Å². The largest absolute Gasteiger partial charge is 0.326 e. The molecule has 1 aliphatic heterocycles. The van der Waals surface area contributed by atoms with E-state index in [4.69, 9.17) is 0 Å². The first-order valence-corrected chi connectivity index (χ1v) is 11.0. The van der Waals surface area contributed by atoms with Gasteiger partial charge in [0.05, 0.1) is 4.90 Å². The van der Waals surface area contributed by atoms with E-state index in [0.717, 1.165) is 4.47 Å². The second-order valence-corrected chi connectivity index (χ2v) is 9.28. The summed E-state index contributed by atoms with van der Waals surface area (Å²) in [5, 5.41) is 5.41. The molecule has 0 spiro atoms. The molecule has 1 saturated heterocycles. The lowest BCUT2D eigenvalue weighted by atomic mass is 10.2. The van der Waals surface area contributed by atoms with Gasteiger partial charge in [-0.1, -0.05) is 15.9 Å². The van der Waals surface area contributed by atoms with Crippen molar-refractivity contribution < 1.29 is 18.0 Å². The van der Waals surface area contributed by atoms with E-state index in [-0.39, 0.29) is 16.7 Å². The topological polar surface area (TPSA) is 95.6 Å². The Morgan fingerprint density at radius 1 is 1.00 bits per heavy atom. The van der Waals surface area contributed by atoms with Crippen molar-refractivity contribution >= 4 is 49.1 Å². The van der Waals surface area contributed by atoms with Gasteiger partial charge in [0.15, 0.2) is 0 Å². The predicted octanol–water partition coefficient (Wildman–Crippen LogP) is 3.20. The summed E-state index contributed by atoms with van der Waals surface area (Å²) < 4.78 is 27.9. The molecule has 2 amide bonds. The van der Waals surface area contributed by atoms with E-state index in [1.807, 2.05) is 0 Å². The number of nitrogens with zero attached hydrogens (tertiary/aromatic N) is 1. The van der Waals surface area contributed by atoms with E-state index < -0.39 is 16.1 Å². The molecular formula is C19H20BrN3O4S. The molecule has 0 aliphatic carbocycles. The van der Waals surface area contributed by atoms with Gasteiger partial charge in [-0.05, 0) is 61.4 Å². The number of sulfonamides is 1. The third-order valence-corrected chi connectivity index (χ3v) is 6.85. The third kappa shape index (κ3) is 4.60. The lowest BCUT2D eigenvalue weighted by Crippen LogP contribution is -2.43. The quantitative estimate of drug-likeness (QED) is 0.708. The number of hydrogen-bond donors (Lipinski definition) is 2. The predicted molar refractivity (Wildman–Crippen MR) is 110 cm³/mol. The van der Waals surface area contributed by atoms with E-state index in [1.54, 1.807) is 36.4 Å². The molecule has 0 radical (unpaired) electrons. The minimum Gasteiger partial charge on any atom is -0.326 e. The fourth-order valence-electron chi connectivity index (χ4n) is 3.10. The molecule has 0 aromatic heterocycles. The van der Waals surface area contributed by atoms with Gasteiger partial charge in [-0.3, -0.25) is 9.59 Å². The number of nitrogens with one attached hydrogen (secondary N) is 2. The summed E-state index contributed by atoms with van der Waals surface area (Å²) in [7, 11) is -3.76. The molecule has 2 aromatic rings. The Labute approximate surface area is 172 Å². The van der Waals surface area contributed by atoms with Crippen LogP contribution in [0, 0.1) is 0 Å². The Hall–Kier alpha value is -2.23. The van der Waals surface area contributed by atoms with Crippen LogP contribution in [0.15, 0.2) is 57.9 Å². The molecule has 1 unspecified atom stereocenters. The zero-order valence-electron chi connectivity index (χ0n) is 15.2. The Kier molecular flexibility index (Phi) is 6.17. The zero-order valence-corrected chi connectivity index (χ0v) is 17.6.